The van der Waals surface area contributed by atoms with Crippen molar-refractivity contribution in [2.45, 2.75) is 19.3 Å². The van der Waals surface area contributed by atoms with Crippen molar-refractivity contribution in [1.29, 1.82) is 0 Å². The number of furan rings is 1. The van der Waals surface area contributed by atoms with Gasteiger partial charge in [0.1, 0.15) is 5.82 Å². The fourth-order valence-electron chi connectivity index (χ4n) is 2.70. The summed E-state index contributed by atoms with van der Waals surface area (Å²) < 4.78 is 5.21. The lowest BCUT2D eigenvalue weighted by atomic mass is 10.2. The lowest BCUT2D eigenvalue weighted by Crippen LogP contribution is -2.14. The van der Waals surface area contributed by atoms with Crippen molar-refractivity contribution in [1.82, 2.24) is 25.1 Å². The highest BCUT2D eigenvalue weighted by molar-refractivity contribution is 5.89. The van der Waals surface area contributed by atoms with Crippen LogP contribution in [0.2, 0.25) is 0 Å². The summed E-state index contributed by atoms with van der Waals surface area (Å²) in [5, 5.41) is 9.81. The molecule has 0 fully saturated rings. The lowest BCUT2D eigenvalue weighted by molar-refractivity contribution is -0.116. The summed E-state index contributed by atoms with van der Waals surface area (Å²) in [5.74, 6) is 1.50. The highest BCUT2D eigenvalue weighted by Crippen LogP contribution is 2.16. The second-order valence-electron chi connectivity index (χ2n) is 5.92. The number of fused-ring (bicyclic) bond motifs is 1. The lowest BCUT2D eigenvalue weighted by Gasteiger charge is -2.03. The Balaban J connectivity index is 1.33. The minimum atomic E-state index is -0.219. The number of hydrogen-bond acceptors (Lipinski definition) is 6. The van der Waals surface area contributed by atoms with E-state index in [0.29, 0.717) is 41.2 Å². The molecule has 27 heavy (non-hydrogen) atoms. The summed E-state index contributed by atoms with van der Waals surface area (Å²) in [5.41, 5.74) is 0.470. The highest BCUT2D eigenvalue weighted by Gasteiger charge is 2.11. The number of benzene rings is 1. The maximum atomic E-state index is 12.1. The number of carbonyl (C=O) groups is 1. The van der Waals surface area contributed by atoms with E-state index in [9.17, 15) is 9.59 Å². The van der Waals surface area contributed by atoms with Crippen molar-refractivity contribution in [3.8, 4) is 11.6 Å². The van der Waals surface area contributed by atoms with E-state index in [1.165, 1.54) is 6.26 Å². The summed E-state index contributed by atoms with van der Waals surface area (Å²) in [4.78, 5) is 35.4. The van der Waals surface area contributed by atoms with Gasteiger partial charge >= 0.3 is 0 Å². The van der Waals surface area contributed by atoms with Gasteiger partial charge in [0.25, 0.3) is 5.56 Å². The van der Waals surface area contributed by atoms with Crippen LogP contribution in [-0.2, 0) is 11.2 Å². The van der Waals surface area contributed by atoms with Gasteiger partial charge in [0, 0.05) is 12.8 Å². The Kier molecular flexibility index (Phi) is 4.48. The Labute approximate surface area is 152 Å². The molecule has 0 saturated carbocycles. The first kappa shape index (κ1) is 16.7. The van der Waals surface area contributed by atoms with Crippen LogP contribution in [0.25, 0.3) is 22.5 Å². The van der Waals surface area contributed by atoms with Gasteiger partial charge < -0.3 is 9.40 Å². The number of amides is 1. The van der Waals surface area contributed by atoms with Crippen LogP contribution in [-0.4, -0.2) is 31.1 Å². The highest BCUT2D eigenvalue weighted by atomic mass is 16.3. The van der Waals surface area contributed by atoms with E-state index < -0.39 is 0 Å². The number of nitrogens with one attached hydrogen (secondary N) is 3. The number of H-pyrrole nitrogens is 2. The van der Waals surface area contributed by atoms with Crippen molar-refractivity contribution in [2.24, 2.45) is 0 Å². The summed E-state index contributed by atoms with van der Waals surface area (Å²) in [6, 6.07) is 10.6. The molecule has 0 atom stereocenters. The Morgan fingerprint density at radius 1 is 1.15 bits per heavy atom. The molecule has 4 aromatic rings. The molecule has 1 aromatic carbocycles. The zero-order valence-corrected chi connectivity index (χ0v) is 14.2. The number of nitrogens with zero attached hydrogens (tertiary/aromatic N) is 3. The van der Waals surface area contributed by atoms with E-state index in [2.05, 4.69) is 30.5 Å². The molecule has 3 heterocycles. The number of aromatic nitrogens is 5. The molecule has 0 bridgehead atoms. The van der Waals surface area contributed by atoms with E-state index in [0.717, 1.165) is 0 Å². The number of rotatable bonds is 6. The summed E-state index contributed by atoms with van der Waals surface area (Å²) in [7, 11) is 0. The number of aryl methyl sites for hydroxylation is 1. The third kappa shape index (κ3) is 3.76. The maximum absolute atomic E-state index is 12.1. The molecule has 0 aliphatic carbocycles. The van der Waals surface area contributed by atoms with E-state index in [1.54, 1.807) is 30.3 Å². The van der Waals surface area contributed by atoms with Crippen molar-refractivity contribution in [3.05, 3.63) is 58.8 Å². The average molecular weight is 364 g/mol. The van der Waals surface area contributed by atoms with Gasteiger partial charge in [-0.05, 0) is 30.7 Å². The second kappa shape index (κ2) is 7.24. The van der Waals surface area contributed by atoms with Crippen LogP contribution in [0.4, 0.5) is 5.95 Å². The predicted molar refractivity (Wildman–Crippen MR) is 98.0 cm³/mol. The minimum Gasteiger partial charge on any atom is -0.461 e. The quantitative estimate of drug-likeness (QED) is 0.481. The SMILES string of the molecule is O=C(CCCc1nc2ccccc2c(=O)[nH]1)Nc1n[nH]c(-c2ccco2)n1. The van der Waals surface area contributed by atoms with Crippen molar-refractivity contribution in [2.75, 3.05) is 5.32 Å². The Bertz CT molecular complexity index is 1130. The summed E-state index contributed by atoms with van der Waals surface area (Å²) >= 11 is 0. The number of carbonyl (C=O) groups excluding carboxylic acids is 1. The zero-order valence-electron chi connectivity index (χ0n) is 14.2. The molecule has 0 saturated heterocycles. The Morgan fingerprint density at radius 3 is 2.89 bits per heavy atom. The fourth-order valence-corrected chi connectivity index (χ4v) is 2.70. The van der Waals surface area contributed by atoms with E-state index in [1.807, 2.05) is 6.07 Å². The van der Waals surface area contributed by atoms with Crippen molar-refractivity contribution >= 4 is 22.8 Å². The van der Waals surface area contributed by atoms with Crippen LogP contribution < -0.4 is 10.9 Å². The largest absolute Gasteiger partial charge is 0.461 e. The molecule has 0 aliphatic heterocycles. The third-order valence-corrected chi connectivity index (χ3v) is 3.97. The number of aromatic amines is 2. The van der Waals surface area contributed by atoms with Gasteiger partial charge in [-0.15, -0.1) is 5.10 Å². The smallest absolute Gasteiger partial charge is 0.258 e. The molecule has 0 radical (unpaired) electrons. The Morgan fingerprint density at radius 2 is 2.04 bits per heavy atom. The zero-order chi connectivity index (χ0) is 18.6. The molecule has 9 nitrogen and oxygen atoms in total. The van der Waals surface area contributed by atoms with Gasteiger partial charge in [-0.1, -0.05) is 12.1 Å². The number of anilines is 1. The average Bonchev–Trinajstić information content (AvgIpc) is 3.33. The number of para-hydroxylation sites is 1. The van der Waals surface area contributed by atoms with Crippen LogP contribution in [0, 0.1) is 0 Å². The number of hydrogen-bond donors (Lipinski definition) is 3. The molecular weight excluding hydrogens is 348 g/mol. The van der Waals surface area contributed by atoms with E-state index in [-0.39, 0.29) is 23.8 Å². The van der Waals surface area contributed by atoms with E-state index >= 15 is 0 Å². The monoisotopic (exact) mass is 364 g/mol. The minimum absolute atomic E-state index is 0.175. The third-order valence-electron chi connectivity index (χ3n) is 3.97. The topological polar surface area (TPSA) is 130 Å². The van der Waals surface area contributed by atoms with Gasteiger partial charge in [-0.2, -0.15) is 4.98 Å². The molecule has 9 heteroatoms. The first-order valence-corrected chi connectivity index (χ1v) is 8.43. The molecule has 4 rings (SSSR count). The molecule has 0 unspecified atom stereocenters. The molecule has 1 amide bonds. The molecule has 3 N–H and O–H groups in total. The molecule has 3 aromatic heterocycles. The van der Waals surface area contributed by atoms with Gasteiger partial charge in [-0.25, -0.2) is 4.98 Å². The van der Waals surface area contributed by atoms with Crippen molar-refractivity contribution < 1.29 is 9.21 Å². The van der Waals surface area contributed by atoms with Gasteiger partial charge in [0.2, 0.25) is 11.9 Å². The predicted octanol–water partition coefficient (Wildman–Crippen LogP) is 2.26. The normalized spacial score (nSPS) is 11.0. The molecule has 136 valence electrons. The van der Waals surface area contributed by atoms with E-state index in [4.69, 9.17) is 4.42 Å². The molecule has 0 spiro atoms. The molecule has 0 aliphatic rings. The maximum Gasteiger partial charge on any atom is 0.258 e. The van der Waals surface area contributed by atoms with Gasteiger partial charge in [0.05, 0.1) is 17.2 Å². The Hall–Kier alpha value is -3.75. The fraction of sp³-hybridized carbons (Fsp3) is 0.167. The van der Waals surface area contributed by atoms with Crippen molar-refractivity contribution in [3.63, 3.8) is 0 Å². The van der Waals surface area contributed by atoms with Crippen LogP contribution in [0.15, 0.2) is 51.9 Å². The standard InChI is InChI=1S/C18H16N6O3/c25-15(21-18-22-16(23-24-18)13-7-4-10-27-13)9-3-8-14-19-12-6-2-1-5-11(12)17(26)20-14/h1-2,4-7,10H,3,8-9H2,(H,19,20,26)(H2,21,22,23,24,25). The summed E-state index contributed by atoms with van der Waals surface area (Å²) in [6.07, 6.45) is 2.80. The molecular formula is C18H16N6O3. The van der Waals surface area contributed by atoms with Crippen LogP contribution in [0.3, 0.4) is 0 Å². The van der Waals surface area contributed by atoms with Crippen LogP contribution >= 0.6 is 0 Å². The summed E-state index contributed by atoms with van der Waals surface area (Å²) in [6.45, 7) is 0. The van der Waals surface area contributed by atoms with Crippen LogP contribution in [0.1, 0.15) is 18.7 Å². The first-order chi connectivity index (χ1) is 13.2. The second-order valence-corrected chi connectivity index (χ2v) is 5.92. The van der Waals surface area contributed by atoms with Gasteiger partial charge in [-0.3, -0.25) is 20.0 Å². The van der Waals surface area contributed by atoms with Crippen LogP contribution in [0.5, 0.6) is 0 Å². The first-order valence-electron chi connectivity index (χ1n) is 8.43. The van der Waals surface area contributed by atoms with Gasteiger partial charge in [0.15, 0.2) is 11.6 Å².